The largest absolute Gasteiger partial charge is 0.449 e. The number of ether oxygens (including phenoxy) is 1. The third-order valence-corrected chi connectivity index (χ3v) is 3.29. The van der Waals surface area contributed by atoms with E-state index >= 15 is 0 Å². The Bertz CT molecular complexity index is 692. The predicted octanol–water partition coefficient (Wildman–Crippen LogP) is 3.57. The number of esters is 1. The van der Waals surface area contributed by atoms with Gasteiger partial charge in [0.2, 0.25) is 0 Å². The molecule has 0 saturated heterocycles. The lowest BCUT2D eigenvalue weighted by atomic mass is 10.2. The van der Waals surface area contributed by atoms with Crippen LogP contribution in [0, 0.1) is 0 Å². The summed E-state index contributed by atoms with van der Waals surface area (Å²) in [5, 5.41) is 3.33. The number of carbonyl (C=O) groups is 2. The first kappa shape index (κ1) is 16.3. The lowest BCUT2D eigenvalue weighted by Gasteiger charge is -2.14. The third kappa shape index (κ3) is 4.19. The molecule has 0 saturated carbocycles. The number of nitrogens with one attached hydrogen (secondary N) is 1. The van der Waals surface area contributed by atoms with Gasteiger partial charge in [-0.05, 0) is 37.3 Å². The molecule has 0 radical (unpaired) electrons. The van der Waals surface area contributed by atoms with Crippen LogP contribution in [-0.4, -0.2) is 23.0 Å². The Morgan fingerprint density at radius 2 is 2.05 bits per heavy atom. The third-order valence-electron chi connectivity index (χ3n) is 2.74. The van der Waals surface area contributed by atoms with Crippen molar-refractivity contribution in [2.24, 2.45) is 0 Å². The van der Waals surface area contributed by atoms with Crippen LogP contribution in [0.3, 0.4) is 0 Å². The maximum atomic E-state index is 12.0. The van der Waals surface area contributed by atoms with E-state index in [2.05, 4.69) is 10.3 Å². The van der Waals surface area contributed by atoms with Gasteiger partial charge in [-0.15, -0.1) is 0 Å². The summed E-state index contributed by atoms with van der Waals surface area (Å²) in [6, 6.07) is 7.82. The number of rotatable bonds is 4. The van der Waals surface area contributed by atoms with Crippen LogP contribution in [0.15, 0.2) is 42.7 Å². The molecule has 1 aromatic carbocycles. The molecule has 1 amide bonds. The standard InChI is InChI=1S/C15H12Cl2N2O3/c1-9(22-15(21)10-3-2-6-18-8-10)14(20)19-13-5-4-11(16)7-12(13)17/h2-9H,1H3,(H,19,20)/t9-/m1/s1. The molecule has 0 bridgehead atoms. The topological polar surface area (TPSA) is 68.3 Å². The molecule has 1 heterocycles. The van der Waals surface area contributed by atoms with Gasteiger partial charge in [-0.2, -0.15) is 0 Å². The van der Waals surface area contributed by atoms with Crippen molar-refractivity contribution in [1.29, 1.82) is 0 Å². The molecule has 1 N–H and O–H groups in total. The number of amides is 1. The van der Waals surface area contributed by atoms with E-state index in [-0.39, 0.29) is 5.56 Å². The van der Waals surface area contributed by atoms with Gasteiger partial charge in [0.25, 0.3) is 5.91 Å². The van der Waals surface area contributed by atoms with Crippen LogP contribution in [0.5, 0.6) is 0 Å². The molecule has 0 aliphatic rings. The molecule has 1 atom stereocenters. The second-order valence-corrected chi connectivity index (χ2v) is 5.25. The van der Waals surface area contributed by atoms with Crippen molar-refractivity contribution in [2.75, 3.05) is 5.32 Å². The van der Waals surface area contributed by atoms with Crippen LogP contribution in [0.4, 0.5) is 5.69 Å². The Balaban J connectivity index is 1.99. The van der Waals surface area contributed by atoms with E-state index in [4.69, 9.17) is 27.9 Å². The summed E-state index contributed by atoms with van der Waals surface area (Å²) in [4.78, 5) is 27.7. The smallest absolute Gasteiger partial charge is 0.340 e. The first-order valence-electron chi connectivity index (χ1n) is 6.34. The number of anilines is 1. The zero-order valence-electron chi connectivity index (χ0n) is 11.5. The number of nitrogens with zero attached hydrogens (tertiary/aromatic N) is 1. The summed E-state index contributed by atoms with van der Waals surface area (Å²) >= 11 is 11.7. The van der Waals surface area contributed by atoms with Gasteiger partial charge < -0.3 is 10.1 Å². The number of halogens is 2. The van der Waals surface area contributed by atoms with Gasteiger partial charge in [0.15, 0.2) is 6.10 Å². The number of hydrogen-bond acceptors (Lipinski definition) is 4. The molecule has 22 heavy (non-hydrogen) atoms. The van der Waals surface area contributed by atoms with Gasteiger partial charge in [0.05, 0.1) is 16.3 Å². The van der Waals surface area contributed by atoms with Gasteiger partial charge in [-0.1, -0.05) is 23.2 Å². The molecule has 1 aromatic heterocycles. The Morgan fingerprint density at radius 3 is 2.68 bits per heavy atom. The van der Waals surface area contributed by atoms with Crippen molar-refractivity contribution < 1.29 is 14.3 Å². The average molecular weight is 339 g/mol. The van der Waals surface area contributed by atoms with E-state index in [0.29, 0.717) is 15.7 Å². The quantitative estimate of drug-likeness (QED) is 0.865. The van der Waals surface area contributed by atoms with Crippen LogP contribution in [-0.2, 0) is 9.53 Å². The molecule has 114 valence electrons. The van der Waals surface area contributed by atoms with Crippen LogP contribution >= 0.6 is 23.2 Å². The van der Waals surface area contributed by atoms with E-state index in [1.807, 2.05) is 0 Å². The van der Waals surface area contributed by atoms with Crippen molar-refractivity contribution in [3.05, 3.63) is 58.3 Å². The summed E-state index contributed by atoms with van der Waals surface area (Å²) in [6.07, 6.45) is 1.91. The molecule has 5 nitrogen and oxygen atoms in total. The Morgan fingerprint density at radius 1 is 1.27 bits per heavy atom. The summed E-state index contributed by atoms with van der Waals surface area (Å²) < 4.78 is 5.07. The lowest BCUT2D eigenvalue weighted by molar-refractivity contribution is -0.123. The summed E-state index contributed by atoms with van der Waals surface area (Å²) in [5.41, 5.74) is 0.659. The van der Waals surface area contributed by atoms with Gasteiger partial charge >= 0.3 is 5.97 Å². The molecular weight excluding hydrogens is 327 g/mol. The zero-order valence-corrected chi connectivity index (χ0v) is 13.1. The van der Waals surface area contributed by atoms with E-state index in [0.717, 1.165) is 0 Å². The number of pyridine rings is 1. The monoisotopic (exact) mass is 338 g/mol. The second-order valence-electron chi connectivity index (χ2n) is 4.40. The SMILES string of the molecule is C[C@@H](OC(=O)c1cccnc1)C(=O)Nc1ccc(Cl)cc1Cl. The van der Waals surface area contributed by atoms with Crippen molar-refractivity contribution >= 4 is 40.8 Å². The molecule has 0 aliphatic heterocycles. The van der Waals surface area contributed by atoms with Crippen LogP contribution < -0.4 is 5.32 Å². The zero-order chi connectivity index (χ0) is 16.1. The molecule has 0 spiro atoms. The van der Waals surface area contributed by atoms with Crippen molar-refractivity contribution in [2.45, 2.75) is 13.0 Å². The number of hydrogen-bond donors (Lipinski definition) is 1. The van der Waals surface area contributed by atoms with Crippen molar-refractivity contribution in [3.63, 3.8) is 0 Å². The van der Waals surface area contributed by atoms with Crippen molar-refractivity contribution in [1.82, 2.24) is 4.98 Å². The predicted molar refractivity (Wildman–Crippen MR) is 84.2 cm³/mol. The highest BCUT2D eigenvalue weighted by atomic mass is 35.5. The maximum Gasteiger partial charge on any atom is 0.340 e. The van der Waals surface area contributed by atoms with Gasteiger partial charge in [0, 0.05) is 17.4 Å². The second kappa shape index (κ2) is 7.24. The van der Waals surface area contributed by atoms with E-state index in [9.17, 15) is 9.59 Å². The molecule has 0 aliphatic carbocycles. The lowest BCUT2D eigenvalue weighted by Crippen LogP contribution is -2.30. The van der Waals surface area contributed by atoms with Crippen LogP contribution in [0.25, 0.3) is 0 Å². The Kier molecular flexibility index (Phi) is 5.35. The molecule has 2 aromatic rings. The number of benzene rings is 1. The van der Waals surface area contributed by atoms with Crippen LogP contribution in [0.2, 0.25) is 10.0 Å². The highest BCUT2D eigenvalue weighted by Crippen LogP contribution is 2.25. The first-order valence-corrected chi connectivity index (χ1v) is 7.10. The van der Waals surface area contributed by atoms with Crippen LogP contribution in [0.1, 0.15) is 17.3 Å². The highest BCUT2D eigenvalue weighted by Gasteiger charge is 2.19. The van der Waals surface area contributed by atoms with Gasteiger partial charge in [-0.25, -0.2) is 4.79 Å². The van der Waals surface area contributed by atoms with E-state index in [1.165, 1.54) is 25.4 Å². The van der Waals surface area contributed by atoms with Gasteiger partial charge in [0.1, 0.15) is 0 Å². The Labute approximate surface area is 137 Å². The minimum Gasteiger partial charge on any atom is -0.449 e. The number of carbonyl (C=O) groups excluding carboxylic acids is 2. The summed E-state index contributed by atoms with van der Waals surface area (Å²) in [7, 11) is 0. The van der Waals surface area contributed by atoms with Crippen molar-refractivity contribution in [3.8, 4) is 0 Å². The van der Waals surface area contributed by atoms with E-state index in [1.54, 1.807) is 24.3 Å². The van der Waals surface area contributed by atoms with E-state index < -0.39 is 18.0 Å². The minimum atomic E-state index is -0.987. The molecule has 0 fully saturated rings. The maximum absolute atomic E-state index is 12.0. The Hall–Kier alpha value is -2.11. The highest BCUT2D eigenvalue weighted by molar-refractivity contribution is 6.36. The molecule has 2 rings (SSSR count). The normalized spacial score (nSPS) is 11.6. The summed E-state index contributed by atoms with van der Waals surface area (Å²) in [6.45, 7) is 1.47. The fraction of sp³-hybridized carbons (Fsp3) is 0.133. The first-order chi connectivity index (χ1) is 10.5. The fourth-order valence-corrected chi connectivity index (χ4v) is 2.05. The minimum absolute atomic E-state index is 0.270. The summed E-state index contributed by atoms with van der Waals surface area (Å²) in [5.74, 6) is -1.13. The molecule has 0 unspecified atom stereocenters. The molecule has 7 heteroatoms. The molecular formula is C15H12Cl2N2O3. The van der Waals surface area contributed by atoms with Gasteiger partial charge in [-0.3, -0.25) is 9.78 Å². The fourth-order valence-electron chi connectivity index (χ4n) is 1.59. The number of aromatic nitrogens is 1. The average Bonchev–Trinajstić information content (AvgIpc) is 2.50.